The number of likely N-dealkylation sites (tertiary alicyclic amines) is 1. The van der Waals surface area contributed by atoms with Crippen molar-refractivity contribution in [2.24, 2.45) is 0 Å². The summed E-state index contributed by atoms with van der Waals surface area (Å²) in [6, 6.07) is 16.0. The highest BCUT2D eigenvalue weighted by atomic mass is 16.3. The summed E-state index contributed by atoms with van der Waals surface area (Å²) in [5, 5.41) is 4.35. The number of H-pyrrole nitrogens is 1. The van der Waals surface area contributed by atoms with E-state index in [1.165, 1.54) is 10.9 Å². The Kier molecular flexibility index (Phi) is 5.47. The van der Waals surface area contributed by atoms with Gasteiger partial charge < -0.3 is 14.7 Å². The molecule has 2 unspecified atom stereocenters. The molecule has 1 aliphatic heterocycles. The molecule has 3 heterocycles. The molecular formula is C25H28N4O2. The van der Waals surface area contributed by atoms with Gasteiger partial charge in [0.05, 0.1) is 6.04 Å². The second-order valence-corrected chi connectivity index (χ2v) is 8.43. The van der Waals surface area contributed by atoms with Crippen LogP contribution in [-0.2, 0) is 11.2 Å². The van der Waals surface area contributed by atoms with Gasteiger partial charge in [0.2, 0.25) is 5.91 Å². The van der Waals surface area contributed by atoms with Crippen molar-refractivity contribution in [3.8, 4) is 0 Å². The summed E-state index contributed by atoms with van der Waals surface area (Å²) >= 11 is 0. The van der Waals surface area contributed by atoms with Gasteiger partial charge in [-0.15, -0.1) is 0 Å². The number of aromatic nitrogens is 2. The van der Waals surface area contributed by atoms with Gasteiger partial charge in [-0.2, -0.15) is 0 Å². The van der Waals surface area contributed by atoms with Crippen LogP contribution in [-0.4, -0.2) is 46.5 Å². The highest BCUT2D eigenvalue weighted by molar-refractivity contribution is 5.83. The van der Waals surface area contributed by atoms with Crippen LogP contribution in [0.3, 0.4) is 0 Å². The maximum atomic E-state index is 12.8. The predicted octanol–water partition coefficient (Wildman–Crippen LogP) is 4.24. The third-order valence-electron chi connectivity index (χ3n) is 6.41. The van der Waals surface area contributed by atoms with E-state index < -0.39 is 0 Å². The molecule has 0 radical (unpaired) electrons. The van der Waals surface area contributed by atoms with Gasteiger partial charge in [-0.1, -0.05) is 30.3 Å². The van der Waals surface area contributed by atoms with E-state index in [2.05, 4.69) is 32.3 Å². The number of aromatic amines is 1. The number of piperidine rings is 1. The van der Waals surface area contributed by atoms with Crippen molar-refractivity contribution >= 4 is 27.9 Å². The molecule has 5 rings (SSSR count). The number of hydrogen-bond acceptors (Lipinski definition) is 4. The molecule has 1 fully saturated rings. The number of fused-ring (bicyclic) bond motifs is 2. The van der Waals surface area contributed by atoms with Gasteiger partial charge in [0, 0.05) is 36.1 Å². The van der Waals surface area contributed by atoms with Gasteiger partial charge >= 0.3 is 0 Å². The van der Waals surface area contributed by atoms with Gasteiger partial charge in [0.25, 0.3) is 0 Å². The molecule has 2 N–H and O–H groups in total. The van der Waals surface area contributed by atoms with E-state index in [0.29, 0.717) is 6.54 Å². The Morgan fingerprint density at radius 1 is 1.26 bits per heavy atom. The lowest BCUT2D eigenvalue weighted by Gasteiger charge is -2.34. The van der Waals surface area contributed by atoms with Crippen LogP contribution in [0.25, 0.3) is 22.0 Å². The van der Waals surface area contributed by atoms with Crippen molar-refractivity contribution in [3.05, 3.63) is 66.2 Å². The highest BCUT2D eigenvalue weighted by Gasteiger charge is 2.30. The Morgan fingerprint density at radius 3 is 3.00 bits per heavy atom. The van der Waals surface area contributed by atoms with Crippen molar-refractivity contribution in [2.45, 2.75) is 38.1 Å². The molecule has 2 aromatic carbocycles. The Bertz CT molecular complexity index is 1160. The molecule has 1 saturated heterocycles. The van der Waals surface area contributed by atoms with E-state index in [0.717, 1.165) is 54.9 Å². The fourth-order valence-electron chi connectivity index (χ4n) is 4.60. The molecule has 0 spiro atoms. The van der Waals surface area contributed by atoms with Crippen LogP contribution in [0.15, 0.2) is 59.1 Å². The molecule has 2 atom stereocenters. The quantitative estimate of drug-likeness (QED) is 0.493. The van der Waals surface area contributed by atoms with Gasteiger partial charge in [0.1, 0.15) is 5.52 Å². The van der Waals surface area contributed by atoms with Crippen LogP contribution in [0.2, 0.25) is 0 Å². The minimum Gasteiger partial charge on any atom is -0.440 e. The second-order valence-electron chi connectivity index (χ2n) is 8.43. The smallest absolute Gasteiger partial charge is 0.237 e. The molecule has 1 aliphatic rings. The van der Waals surface area contributed by atoms with Crippen molar-refractivity contribution in [1.82, 2.24) is 20.2 Å². The molecule has 160 valence electrons. The van der Waals surface area contributed by atoms with E-state index in [4.69, 9.17) is 4.42 Å². The van der Waals surface area contributed by atoms with Crippen molar-refractivity contribution in [2.75, 3.05) is 19.6 Å². The first-order valence-electron chi connectivity index (χ1n) is 11.1. The Morgan fingerprint density at radius 2 is 2.10 bits per heavy atom. The number of rotatable bonds is 6. The standard InChI is InChI=1S/C25H28N4O2/c1-17(24(30)26-13-12-18-15-27-21-9-3-2-8-20(18)21)29-14-6-7-19(16-29)25-28-22-10-4-5-11-23(22)31-25/h2-5,8-11,15,17,19,27H,6-7,12-14,16H2,1H3,(H,26,30). The van der Waals surface area contributed by atoms with E-state index in [1.807, 2.05) is 49.5 Å². The molecule has 0 bridgehead atoms. The van der Waals surface area contributed by atoms with Crippen LogP contribution in [0.5, 0.6) is 0 Å². The zero-order valence-corrected chi connectivity index (χ0v) is 17.8. The van der Waals surface area contributed by atoms with Gasteiger partial charge in [-0.3, -0.25) is 9.69 Å². The number of nitrogens with one attached hydrogen (secondary N) is 2. The molecule has 31 heavy (non-hydrogen) atoms. The number of amides is 1. The fourth-order valence-corrected chi connectivity index (χ4v) is 4.60. The van der Waals surface area contributed by atoms with Crippen LogP contribution in [0.1, 0.15) is 37.1 Å². The Labute approximate surface area is 181 Å². The van der Waals surface area contributed by atoms with Crippen molar-refractivity contribution in [3.63, 3.8) is 0 Å². The molecule has 0 saturated carbocycles. The Balaban J connectivity index is 1.18. The SMILES string of the molecule is CC(C(=O)NCCc1c[nH]c2ccccc12)N1CCCC(c2nc3ccccc3o2)C1. The van der Waals surface area contributed by atoms with Gasteiger partial charge in [-0.25, -0.2) is 4.98 Å². The van der Waals surface area contributed by atoms with E-state index in [9.17, 15) is 4.79 Å². The first-order chi connectivity index (χ1) is 15.2. The lowest BCUT2D eigenvalue weighted by molar-refractivity contribution is -0.126. The molecule has 6 heteroatoms. The molecule has 2 aromatic heterocycles. The lowest BCUT2D eigenvalue weighted by Crippen LogP contribution is -2.49. The average molecular weight is 417 g/mol. The summed E-state index contributed by atoms with van der Waals surface area (Å²) < 4.78 is 6.00. The minimum absolute atomic E-state index is 0.0815. The van der Waals surface area contributed by atoms with E-state index >= 15 is 0 Å². The highest BCUT2D eigenvalue weighted by Crippen LogP contribution is 2.29. The maximum absolute atomic E-state index is 12.8. The van der Waals surface area contributed by atoms with E-state index in [1.54, 1.807) is 0 Å². The summed E-state index contributed by atoms with van der Waals surface area (Å²) in [5.74, 6) is 1.10. The maximum Gasteiger partial charge on any atom is 0.237 e. The number of carbonyl (C=O) groups excluding carboxylic acids is 1. The van der Waals surface area contributed by atoms with Gasteiger partial charge in [0.15, 0.2) is 11.5 Å². The van der Waals surface area contributed by atoms with Crippen molar-refractivity contribution in [1.29, 1.82) is 0 Å². The van der Waals surface area contributed by atoms with Crippen LogP contribution >= 0.6 is 0 Å². The topological polar surface area (TPSA) is 74.2 Å². The zero-order valence-electron chi connectivity index (χ0n) is 17.8. The molecule has 4 aromatic rings. The normalized spacial score (nSPS) is 18.4. The largest absolute Gasteiger partial charge is 0.440 e. The van der Waals surface area contributed by atoms with Crippen LogP contribution in [0.4, 0.5) is 0 Å². The average Bonchev–Trinajstić information content (AvgIpc) is 3.43. The number of para-hydroxylation sites is 3. The summed E-state index contributed by atoms with van der Waals surface area (Å²) in [6.07, 6.45) is 4.93. The number of nitrogens with zero attached hydrogens (tertiary/aromatic N) is 2. The van der Waals surface area contributed by atoms with Crippen LogP contribution < -0.4 is 5.32 Å². The number of carbonyl (C=O) groups is 1. The molecule has 6 nitrogen and oxygen atoms in total. The summed E-state index contributed by atoms with van der Waals surface area (Å²) in [4.78, 5) is 23.0. The molecule has 1 amide bonds. The van der Waals surface area contributed by atoms with Crippen LogP contribution in [0, 0.1) is 0 Å². The summed E-state index contributed by atoms with van der Waals surface area (Å²) in [6.45, 7) is 4.35. The summed E-state index contributed by atoms with van der Waals surface area (Å²) in [5.41, 5.74) is 4.10. The third kappa shape index (κ3) is 4.08. The number of benzene rings is 2. The zero-order chi connectivity index (χ0) is 21.2. The second kappa shape index (κ2) is 8.55. The Hall–Kier alpha value is -3.12. The molecule has 0 aliphatic carbocycles. The minimum atomic E-state index is -0.171. The lowest BCUT2D eigenvalue weighted by atomic mass is 9.96. The predicted molar refractivity (Wildman–Crippen MR) is 122 cm³/mol. The van der Waals surface area contributed by atoms with Gasteiger partial charge in [-0.05, 0) is 56.5 Å². The number of hydrogen-bond donors (Lipinski definition) is 2. The van der Waals surface area contributed by atoms with E-state index in [-0.39, 0.29) is 17.9 Å². The third-order valence-corrected chi connectivity index (χ3v) is 6.41. The molecular weight excluding hydrogens is 388 g/mol. The first-order valence-corrected chi connectivity index (χ1v) is 11.1. The fraction of sp³-hybridized carbons (Fsp3) is 0.360. The number of oxazole rings is 1. The first kappa shape index (κ1) is 19.8. The van der Waals surface area contributed by atoms with Crippen molar-refractivity contribution < 1.29 is 9.21 Å². The summed E-state index contributed by atoms with van der Waals surface area (Å²) in [7, 11) is 0. The monoisotopic (exact) mass is 416 g/mol.